The van der Waals surface area contributed by atoms with E-state index in [2.05, 4.69) is 22.4 Å². The Labute approximate surface area is 91.7 Å². The maximum Gasteiger partial charge on any atom is 0.282 e. The lowest BCUT2D eigenvalue weighted by Crippen LogP contribution is -2.24. The number of nitrogens with one attached hydrogen (secondary N) is 1. The van der Waals surface area contributed by atoms with Crippen molar-refractivity contribution in [1.29, 1.82) is 0 Å². The Balaban J connectivity index is 2.29. The lowest BCUT2D eigenvalue weighted by molar-refractivity contribution is 0.0952. The molecule has 0 unspecified atom stereocenters. The van der Waals surface area contributed by atoms with E-state index in [0.29, 0.717) is 16.0 Å². The Morgan fingerprint density at radius 3 is 2.86 bits per heavy atom. The molecule has 0 bridgehead atoms. The third-order valence-electron chi connectivity index (χ3n) is 1.66. The molecule has 0 radical (unpaired) electrons. The number of unbranched alkanes of at least 4 members (excludes halogenated alkanes) is 2. The lowest BCUT2D eigenvalue weighted by Gasteiger charge is -2.00. The number of hydrogen-bond acceptors (Lipinski definition) is 4. The van der Waals surface area contributed by atoms with Crippen LogP contribution in [-0.2, 0) is 0 Å². The summed E-state index contributed by atoms with van der Waals surface area (Å²) in [5.74, 6) is -0.189. The van der Waals surface area contributed by atoms with E-state index in [9.17, 15) is 4.79 Å². The first-order valence-electron chi connectivity index (χ1n) is 4.51. The average molecular weight is 234 g/mol. The van der Waals surface area contributed by atoms with Crippen LogP contribution < -0.4 is 5.32 Å². The summed E-state index contributed by atoms with van der Waals surface area (Å²) < 4.78 is 0.295. The van der Waals surface area contributed by atoms with Gasteiger partial charge < -0.3 is 5.32 Å². The van der Waals surface area contributed by atoms with Crippen LogP contribution in [0.2, 0.25) is 4.47 Å². The van der Waals surface area contributed by atoms with E-state index < -0.39 is 0 Å². The van der Waals surface area contributed by atoms with Crippen LogP contribution in [0.5, 0.6) is 0 Å². The number of amides is 1. The highest BCUT2D eigenvalue weighted by Gasteiger charge is 2.10. The van der Waals surface area contributed by atoms with Gasteiger partial charge in [0, 0.05) is 6.54 Å². The summed E-state index contributed by atoms with van der Waals surface area (Å²) in [6.07, 6.45) is 3.26. The fraction of sp³-hybridized carbons (Fsp3) is 0.625. The molecule has 6 heteroatoms. The second-order valence-corrected chi connectivity index (χ2v) is 4.38. The van der Waals surface area contributed by atoms with Gasteiger partial charge in [0.05, 0.1) is 0 Å². The highest BCUT2D eigenvalue weighted by Crippen LogP contribution is 2.14. The second kappa shape index (κ2) is 5.93. The summed E-state index contributed by atoms with van der Waals surface area (Å²) in [6.45, 7) is 2.80. The van der Waals surface area contributed by atoms with E-state index in [-0.39, 0.29) is 5.91 Å². The highest BCUT2D eigenvalue weighted by molar-refractivity contribution is 7.17. The minimum atomic E-state index is -0.189. The van der Waals surface area contributed by atoms with Gasteiger partial charge in [0.25, 0.3) is 5.91 Å². The van der Waals surface area contributed by atoms with Gasteiger partial charge in [0.1, 0.15) is 0 Å². The van der Waals surface area contributed by atoms with Crippen molar-refractivity contribution in [3.8, 4) is 0 Å². The molecule has 0 saturated carbocycles. The fourth-order valence-corrected chi connectivity index (χ4v) is 1.69. The van der Waals surface area contributed by atoms with Crippen LogP contribution in [0.3, 0.4) is 0 Å². The van der Waals surface area contributed by atoms with Crippen LogP contribution in [0.25, 0.3) is 0 Å². The monoisotopic (exact) mass is 233 g/mol. The van der Waals surface area contributed by atoms with Crippen LogP contribution in [0, 0.1) is 0 Å². The Morgan fingerprint density at radius 1 is 1.50 bits per heavy atom. The normalized spacial score (nSPS) is 10.1. The van der Waals surface area contributed by atoms with E-state index in [4.69, 9.17) is 11.6 Å². The summed E-state index contributed by atoms with van der Waals surface area (Å²) in [5, 5.41) is 10.3. The third kappa shape index (κ3) is 3.59. The smallest absolute Gasteiger partial charge is 0.282 e. The number of hydrogen-bond donors (Lipinski definition) is 1. The summed E-state index contributed by atoms with van der Waals surface area (Å²) >= 11 is 6.64. The molecular weight excluding hydrogens is 222 g/mol. The molecule has 0 aliphatic heterocycles. The zero-order valence-corrected chi connectivity index (χ0v) is 9.49. The van der Waals surface area contributed by atoms with Gasteiger partial charge in [-0.15, -0.1) is 10.2 Å². The predicted octanol–water partition coefficient (Wildman–Crippen LogP) is 2.11. The molecular formula is C8H12ClN3OS. The number of carbonyl (C=O) groups is 1. The van der Waals surface area contributed by atoms with Crippen molar-refractivity contribution in [2.24, 2.45) is 0 Å². The summed E-state index contributed by atoms with van der Waals surface area (Å²) in [5.41, 5.74) is 0. The standard InChI is InChI=1S/C8H12ClN3OS/c1-2-3-4-5-10-6(13)7-11-12-8(9)14-7/h2-5H2,1H3,(H,10,13). The molecule has 0 fully saturated rings. The van der Waals surface area contributed by atoms with Crippen molar-refractivity contribution < 1.29 is 4.79 Å². The molecule has 0 spiro atoms. The van der Waals surface area contributed by atoms with Crippen molar-refractivity contribution in [3.05, 3.63) is 9.47 Å². The average Bonchev–Trinajstić information content (AvgIpc) is 2.59. The fourth-order valence-electron chi connectivity index (χ4n) is 0.950. The largest absolute Gasteiger partial charge is 0.350 e. The molecule has 0 aromatic carbocycles. The zero-order valence-electron chi connectivity index (χ0n) is 7.92. The molecule has 78 valence electrons. The van der Waals surface area contributed by atoms with Gasteiger partial charge in [-0.05, 0) is 18.0 Å². The predicted molar refractivity (Wildman–Crippen MR) is 56.8 cm³/mol. The number of aromatic nitrogens is 2. The first kappa shape index (κ1) is 11.4. The Morgan fingerprint density at radius 2 is 2.29 bits per heavy atom. The minimum absolute atomic E-state index is 0.189. The number of nitrogens with zero attached hydrogens (tertiary/aromatic N) is 2. The quantitative estimate of drug-likeness (QED) is 0.793. The van der Waals surface area contributed by atoms with Crippen molar-refractivity contribution in [2.45, 2.75) is 26.2 Å². The topological polar surface area (TPSA) is 54.9 Å². The van der Waals surface area contributed by atoms with E-state index in [1.165, 1.54) is 0 Å². The van der Waals surface area contributed by atoms with E-state index in [1.54, 1.807) is 0 Å². The van der Waals surface area contributed by atoms with Gasteiger partial charge >= 0.3 is 0 Å². The molecule has 1 aromatic heterocycles. The van der Waals surface area contributed by atoms with Crippen LogP contribution in [0.1, 0.15) is 36.0 Å². The minimum Gasteiger partial charge on any atom is -0.350 e. The zero-order chi connectivity index (χ0) is 10.4. The molecule has 1 rings (SSSR count). The molecule has 1 heterocycles. The Bertz CT molecular complexity index is 303. The molecule has 1 N–H and O–H groups in total. The lowest BCUT2D eigenvalue weighted by atomic mass is 10.2. The van der Waals surface area contributed by atoms with Crippen molar-refractivity contribution >= 4 is 28.8 Å². The number of halogens is 1. The highest BCUT2D eigenvalue weighted by atomic mass is 35.5. The van der Waals surface area contributed by atoms with Gasteiger partial charge in [-0.1, -0.05) is 31.1 Å². The molecule has 1 amide bonds. The molecule has 0 saturated heterocycles. The molecule has 14 heavy (non-hydrogen) atoms. The molecule has 0 aliphatic carbocycles. The van der Waals surface area contributed by atoms with Crippen molar-refractivity contribution in [3.63, 3.8) is 0 Å². The van der Waals surface area contributed by atoms with E-state index >= 15 is 0 Å². The molecule has 1 aromatic rings. The third-order valence-corrected chi connectivity index (χ3v) is 2.68. The maximum absolute atomic E-state index is 11.4. The number of carbonyl (C=O) groups excluding carboxylic acids is 1. The SMILES string of the molecule is CCCCCNC(=O)c1nnc(Cl)s1. The van der Waals surface area contributed by atoms with Gasteiger partial charge in [-0.2, -0.15) is 0 Å². The molecule has 4 nitrogen and oxygen atoms in total. The van der Waals surface area contributed by atoms with Gasteiger partial charge in [0.15, 0.2) is 0 Å². The summed E-state index contributed by atoms with van der Waals surface area (Å²) in [6, 6.07) is 0. The van der Waals surface area contributed by atoms with Crippen LogP contribution >= 0.6 is 22.9 Å². The molecule has 0 atom stereocenters. The van der Waals surface area contributed by atoms with Crippen LogP contribution in [-0.4, -0.2) is 22.6 Å². The van der Waals surface area contributed by atoms with Gasteiger partial charge in [-0.25, -0.2) is 0 Å². The van der Waals surface area contributed by atoms with E-state index in [0.717, 1.165) is 30.6 Å². The first-order chi connectivity index (χ1) is 6.74. The van der Waals surface area contributed by atoms with E-state index in [1.807, 2.05) is 0 Å². The van der Waals surface area contributed by atoms with Crippen molar-refractivity contribution in [2.75, 3.05) is 6.54 Å². The number of rotatable bonds is 5. The van der Waals surface area contributed by atoms with Gasteiger partial charge in [-0.3, -0.25) is 4.79 Å². The van der Waals surface area contributed by atoms with Crippen LogP contribution in [0.4, 0.5) is 0 Å². The summed E-state index contributed by atoms with van der Waals surface area (Å²) in [4.78, 5) is 11.4. The van der Waals surface area contributed by atoms with Crippen LogP contribution in [0.15, 0.2) is 0 Å². The van der Waals surface area contributed by atoms with Crippen molar-refractivity contribution in [1.82, 2.24) is 15.5 Å². The first-order valence-corrected chi connectivity index (χ1v) is 5.70. The summed E-state index contributed by atoms with van der Waals surface area (Å²) in [7, 11) is 0. The molecule has 0 aliphatic rings. The maximum atomic E-state index is 11.4. The Kier molecular flexibility index (Phi) is 4.82. The second-order valence-electron chi connectivity index (χ2n) is 2.82. The van der Waals surface area contributed by atoms with Gasteiger partial charge in [0.2, 0.25) is 9.47 Å². The Hall–Kier alpha value is -0.680.